The molecule has 0 aromatic rings. The molecule has 0 saturated carbocycles. The van der Waals surface area contributed by atoms with Crippen LogP contribution in [0.2, 0.25) is 0 Å². The summed E-state index contributed by atoms with van der Waals surface area (Å²) in [7, 11) is 5.96. The van der Waals surface area contributed by atoms with Crippen LogP contribution >= 0.6 is 0 Å². The Kier molecular flexibility index (Phi) is 75.7. The van der Waals surface area contributed by atoms with Gasteiger partial charge in [0.05, 0.1) is 40.3 Å². The lowest BCUT2D eigenvalue weighted by molar-refractivity contribution is -0.870. The summed E-state index contributed by atoms with van der Waals surface area (Å²) in [6.45, 7) is 4.72. The van der Waals surface area contributed by atoms with E-state index in [0.717, 1.165) is 64.2 Å². The molecule has 0 aliphatic rings. The third-order valence-corrected chi connectivity index (χ3v) is 19.3. The number of carbonyl (C=O) groups excluding carboxylic acids is 3. The highest BCUT2D eigenvalue weighted by atomic mass is 16.7. The van der Waals surface area contributed by atoms with E-state index in [1.165, 1.54) is 340 Å². The van der Waals surface area contributed by atoms with Gasteiger partial charge in [-0.1, -0.05) is 416 Å². The molecule has 2 unspecified atom stereocenters. The van der Waals surface area contributed by atoms with Gasteiger partial charge in [0, 0.05) is 12.8 Å². The van der Waals surface area contributed by atoms with Crippen LogP contribution in [0.5, 0.6) is 0 Å². The van der Waals surface area contributed by atoms with Gasteiger partial charge in [0.25, 0.3) is 0 Å². The number of rotatable bonds is 80. The van der Waals surface area contributed by atoms with E-state index >= 15 is 0 Å². The Morgan fingerprint density at radius 3 is 0.885 bits per heavy atom. The predicted octanol–water partition coefficient (Wildman–Crippen LogP) is 25.9. The molecule has 0 spiro atoms. The molecular weight excluding hydrogens is 1190 g/mol. The normalized spacial score (nSPS) is 12.8. The summed E-state index contributed by atoms with van der Waals surface area (Å²) in [5.41, 5.74) is 0. The van der Waals surface area contributed by atoms with Crippen LogP contribution in [0, 0.1) is 0 Å². The fourth-order valence-electron chi connectivity index (χ4n) is 12.9. The highest BCUT2D eigenvalue weighted by molar-refractivity contribution is 5.70. The molecule has 0 bridgehead atoms. The van der Waals surface area contributed by atoms with Crippen molar-refractivity contribution >= 4 is 17.9 Å². The summed E-state index contributed by atoms with van der Waals surface area (Å²) in [5, 5.41) is 11.9. The van der Waals surface area contributed by atoms with Crippen molar-refractivity contribution in [2.45, 2.75) is 444 Å². The Morgan fingerprint density at radius 1 is 0.323 bits per heavy atom. The Labute approximate surface area is 597 Å². The molecule has 564 valence electrons. The number of likely N-dealkylation sites (N-methyl/N-ethyl adjacent to an activating group) is 1. The quantitative estimate of drug-likeness (QED) is 0.0195. The molecule has 0 aliphatic heterocycles. The Balaban J connectivity index is 3.91. The van der Waals surface area contributed by atoms with E-state index in [9.17, 15) is 19.5 Å². The smallest absolute Gasteiger partial charge is 0.306 e. The van der Waals surface area contributed by atoms with Crippen LogP contribution in [-0.4, -0.2) is 82.3 Å². The van der Waals surface area contributed by atoms with Crippen molar-refractivity contribution in [2.75, 3.05) is 47.5 Å². The van der Waals surface area contributed by atoms with Crippen molar-refractivity contribution in [3.8, 4) is 0 Å². The number of esters is 2. The molecule has 0 rings (SSSR count). The van der Waals surface area contributed by atoms with E-state index in [-0.39, 0.29) is 32.2 Å². The molecule has 0 heterocycles. The topological polar surface area (TPSA) is 111 Å². The molecule has 0 amide bonds. The van der Waals surface area contributed by atoms with E-state index in [0.29, 0.717) is 17.4 Å². The standard InChI is InChI=1S/C87H163NO8/c1-6-8-10-12-14-16-18-20-22-24-26-28-30-32-34-36-38-39-40-41-42-43-44-45-46-47-48-50-52-54-56-58-60-62-64-66-68-70-72-74-76-78-85(90)96-83(82-95-87(86(91)92)93-80-79-88(3,4)5)81-94-84(89)77-75-73-71-69-67-65-63-61-59-57-55-53-51-49-37-35-33-31-29-27-25-23-21-19-17-15-13-11-9-7-2/h8,10,14,16,20,22,26,28,83,87H,6-7,9,11-13,15,17-19,21,23-25,27,29-82H2,1-5H3/b10-8-,16-14-,22-20-,28-26-. The molecule has 9 nitrogen and oxygen atoms in total. The third kappa shape index (κ3) is 78.6. The maximum Gasteiger partial charge on any atom is 0.306 e. The van der Waals surface area contributed by atoms with E-state index in [1.807, 2.05) is 21.1 Å². The highest BCUT2D eigenvalue weighted by Gasteiger charge is 2.22. The molecule has 0 aromatic heterocycles. The van der Waals surface area contributed by atoms with Gasteiger partial charge in [-0.15, -0.1) is 0 Å². The molecular formula is C87H163NO8. The maximum atomic E-state index is 13.0. The number of nitrogens with zero attached hydrogens (tertiary/aromatic N) is 1. The monoisotopic (exact) mass is 1350 g/mol. The zero-order chi connectivity index (χ0) is 69.7. The van der Waals surface area contributed by atoms with Gasteiger partial charge in [0.1, 0.15) is 13.2 Å². The van der Waals surface area contributed by atoms with Crippen molar-refractivity contribution in [1.82, 2.24) is 0 Å². The van der Waals surface area contributed by atoms with Crippen molar-refractivity contribution in [1.29, 1.82) is 0 Å². The molecule has 0 aliphatic carbocycles. The fourth-order valence-corrected chi connectivity index (χ4v) is 12.9. The number of carboxylic acid groups (broad SMARTS) is 1. The highest BCUT2D eigenvalue weighted by Crippen LogP contribution is 2.21. The average Bonchev–Trinajstić information content (AvgIpc) is 2.59. The van der Waals surface area contributed by atoms with Gasteiger partial charge in [0.2, 0.25) is 0 Å². The van der Waals surface area contributed by atoms with Crippen molar-refractivity contribution in [3.05, 3.63) is 48.6 Å². The van der Waals surface area contributed by atoms with Crippen molar-refractivity contribution < 1.29 is 42.9 Å². The van der Waals surface area contributed by atoms with Crippen LogP contribution in [0.1, 0.15) is 431 Å². The lowest BCUT2D eigenvalue weighted by atomic mass is 10.0. The number of aliphatic carboxylic acids is 1. The number of hydrogen-bond donors (Lipinski definition) is 0. The first-order valence-electron chi connectivity index (χ1n) is 42.3. The van der Waals surface area contributed by atoms with Crippen LogP contribution in [0.25, 0.3) is 0 Å². The molecule has 2 atom stereocenters. The summed E-state index contributed by atoms with van der Waals surface area (Å²) in [4.78, 5) is 37.6. The minimum Gasteiger partial charge on any atom is -0.545 e. The number of unbranched alkanes of at least 4 members (excludes halogenated alkanes) is 57. The SMILES string of the molecule is CC/C=C\C/C=C\C/C=C\C/C=C\CCCCCCCCCCCCCCCCCCCCCCCCCCCCCCC(=O)OC(COC(=O)CCCCCCCCCCCCCCCCCCCCCCCCCCCCCCCC)COC(OCC[N+](C)(C)C)C(=O)[O-]. The van der Waals surface area contributed by atoms with Gasteiger partial charge in [-0.05, 0) is 51.4 Å². The van der Waals surface area contributed by atoms with E-state index in [2.05, 4.69) is 62.5 Å². The predicted molar refractivity (Wildman–Crippen MR) is 412 cm³/mol. The largest absolute Gasteiger partial charge is 0.545 e. The molecule has 9 heteroatoms. The van der Waals surface area contributed by atoms with Gasteiger partial charge in [-0.2, -0.15) is 0 Å². The number of ether oxygens (including phenoxy) is 4. The first-order chi connectivity index (χ1) is 47.1. The zero-order valence-corrected chi connectivity index (χ0v) is 64.8. The lowest BCUT2D eigenvalue weighted by Gasteiger charge is -2.26. The Morgan fingerprint density at radius 2 is 0.594 bits per heavy atom. The van der Waals surface area contributed by atoms with Gasteiger partial charge < -0.3 is 33.3 Å². The second-order valence-electron chi connectivity index (χ2n) is 30.1. The Hall–Kier alpha value is -2.75. The lowest BCUT2D eigenvalue weighted by Crippen LogP contribution is -2.44. The summed E-state index contributed by atoms with van der Waals surface area (Å²) >= 11 is 0. The molecule has 0 fully saturated rings. The van der Waals surface area contributed by atoms with Crippen molar-refractivity contribution in [2.24, 2.45) is 0 Å². The number of hydrogen-bond acceptors (Lipinski definition) is 8. The third-order valence-electron chi connectivity index (χ3n) is 19.3. The summed E-state index contributed by atoms with van der Waals surface area (Å²) in [6.07, 6.45) is 99.8. The van der Waals surface area contributed by atoms with Gasteiger partial charge in [0.15, 0.2) is 12.4 Å². The van der Waals surface area contributed by atoms with E-state index < -0.39 is 24.3 Å². The van der Waals surface area contributed by atoms with Crippen LogP contribution in [0.3, 0.4) is 0 Å². The minimum absolute atomic E-state index is 0.152. The van der Waals surface area contributed by atoms with Crippen LogP contribution in [0.4, 0.5) is 0 Å². The number of quaternary nitrogens is 1. The number of allylic oxidation sites excluding steroid dienone is 8. The van der Waals surface area contributed by atoms with E-state index in [4.69, 9.17) is 18.9 Å². The van der Waals surface area contributed by atoms with E-state index in [1.54, 1.807) is 0 Å². The second-order valence-corrected chi connectivity index (χ2v) is 30.1. The van der Waals surface area contributed by atoms with Gasteiger partial charge in [-0.3, -0.25) is 9.59 Å². The molecule has 0 radical (unpaired) electrons. The molecule has 0 saturated heterocycles. The number of carbonyl (C=O) groups is 3. The first-order valence-corrected chi connectivity index (χ1v) is 42.3. The fraction of sp³-hybridized carbons (Fsp3) is 0.874. The molecule has 0 aromatic carbocycles. The van der Waals surface area contributed by atoms with Crippen LogP contribution < -0.4 is 5.11 Å². The van der Waals surface area contributed by atoms with Gasteiger partial charge >= 0.3 is 11.9 Å². The van der Waals surface area contributed by atoms with Crippen LogP contribution in [-0.2, 0) is 33.3 Å². The molecule has 0 N–H and O–H groups in total. The minimum atomic E-state index is -1.62. The zero-order valence-electron chi connectivity index (χ0n) is 64.8. The summed E-state index contributed by atoms with van der Waals surface area (Å²) in [6, 6.07) is 0. The maximum absolute atomic E-state index is 13.0. The molecule has 96 heavy (non-hydrogen) atoms. The number of carboxylic acids is 1. The Bertz CT molecular complexity index is 1720. The summed E-state index contributed by atoms with van der Waals surface area (Å²) in [5.74, 6) is -2.24. The van der Waals surface area contributed by atoms with Crippen molar-refractivity contribution in [3.63, 3.8) is 0 Å². The van der Waals surface area contributed by atoms with Gasteiger partial charge in [-0.25, -0.2) is 0 Å². The first kappa shape index (κ1) is 93.2. The summed E-state index contributed by atoms with van der Waals surface area (Å²) < 4.78 is 22.9. The van der Waals surface area contributed by atoms with Crippen LogP contribution in [0.15, 0.2) is 48.6 Å². The second kappa shape index (κ2) is 78.0. The average molecular weight is 1350 g/mol.